The lowest BCUT2D eigenvalue weighted by Crippen LogP contribution is -2.23. The molecule has 0 aliphatic carbocycles. The van der Waals surface area contributed by atoms with Crippen molar-refractivity contribution in [1.82, 2.24) is 5.32 Å². The van der Waals surface area contributed by atoms with E-state index in [2.05, 4.69) is 5.32 Å². The van der Waals surface area contributed by atoms with E-state index in [0.717, 1.165) is 5.56 Å². The van der Waals surface area contributed by atoms with Crippen LogP contribution in [0, 0.1) is 11.3 Å². The lowest BCUT2D eigenvalue weighted by molar-refractivity contribution is -0.134. The summed E-state index contributed by atoms with van der Waals surface area (Å²) in [6.45, 7) is 0.197. The number of nitrogens with one attached hydrogen (secondary N) is 1. The number of ether oxygens (including phenoxy) is 1. The number of carbonyl (C=O) groups is 2. The van der Waals surface area contributed by atoms with Gasteiger partial charge in [-0.1, -0.05) is 42.5 Å². The summed E-state index contributed by atoms with van der Waals surface area (Å²) in [5.41, 5.74) is 1.68. The molecule has 3 aromatic rings. The van der Waals surface area contributed by atoms with Gasteiger partial charge in [-0.15, -0.1) is 0 Å². The summed E-state index contributed by atoms with van der Waals surface area (Å²) in [5.74, 6) is 0.188. The lowest BCUT2D eigenvalue weighted by Gasteiger charge is -2.05. The van der Waals surface area contributed by atoms with Gasteiger partial charge in [0.2, 0.25) is 0 Å². The maximum absolute atomic E-state index is 12.2. The molecule has 0 saturated heterocycles. The fourth-order valence-electron chi connectivity index (χ4n) is 2.70. The van der Waals surface area contributed by atoms with Gasteiger partial charge in [0, 0.05) is 6.42 Å². The van der Waals surface area contributed by atoms with E-state index in [1.165, 1.54) is 12.3 Å². The average molecular weight is 400 g/mol. The molecule has 0 spiro atoms. The summed E-state index contributed by atoms with van der Waals surface area (Å²) in [5, 5.41) is 11.9. The zero-order chi connectivity index (χ0) is 21.2. The summed E-state index contributed by atoms with van der Waals surface area (Å²) >= 11 is 0. The Bertz CT molecular complexity index is 1050. The fourth-order valence-corrected chi connectivity index (χ4v) is 2.70. The maximum Gasteiger partial charge on any atom is 0.311 e. The predicted octanol–water partition coefficient (Wildman–Crippen LogP) is 4.04. The van der Waals surface area contributed by atoms with Crippen molar-refractivity contribution >= 4 is 18.0 Å². The highest BCUT2D eigenvalue weighted by Gasteiger charge is 2.10. The predicted molar refractivity (Wildman–Crippen MR) is 111 cm³/mol. The van der Waals surface area contributed by atoms with Gasteiger partial charge >= 0.3 is 5.97 Å². The molecule has 6 nitrogen and oxygen atoms in total. The molecule has 0 radical (unpaired) electrons. The number of esters is 1. The molecule has 2 aromatic carbocycles. The zero-order valence-electron chi connectivity index (χ0n) is 16.2. The quantitative estimate of drug-likeness (QED) is 0.267. The van der Waals surface area contributed by atoms with E-state index in [9.17, 15) is 14.9 Å². The van der Waals surface area contributed by atoms with Crippen LogP contribution in [0.15, 0.2) is 83.0 Å². The van der Waals surface area contributed by atoms with Crippen molar-refractivity contribution < 1.29 is 18.7 Å². The third-order valence-corrected chi connectivity index (χ3v) is 4.25. The molecule has 0 aliphatic rings. The Balaban J connectivity index is 1.53. The number of carbonyl (C=O) groups excluding carboxylic acids is 2. The van der Waals surface area contributed by atoms with Crippen LogP contribution in [-0.4, -0.2) is 11.9 Å². The van der Waals surface area contributed by atoms with Crippen LogP contribution in [0.3, 0.4) is 0 Å². The van der Waals surface area contributed by atoms with Crippen molar-refractivity contribution in [3.63, 3.8) is 0 Å². The molecule has 30 heavy (non-hydrogen) atoms. The van der Waals surface area contributed by atoms with E-state index < -0.39 is 5.91 Å². The third-order valence-electron chi connectivity index (χ3n) is 4.25. The normalized spacial score (nSPS) is 10.8. The van der Waals surface area contributed by atoms with Crippen LogP contribution in [0.5, 0.6) is 5.75 Å². The minimum Gasteiger partial charge on any atom is -0.467 e. The number of amides is 1. The van der Waals surface area contributed by atoms with E-state index in [-0.39, 0.29) is 24.5 Å². The minimum absolute atomic E-state index is 0.0332. The first-order valence-electron chi connectivity index (χ1n) is 9.41. The Morgan fingerprint density at radius 2 is 1.80 bits per heavy atom. The van der Waals surface area contributed by atoms with Crippen molar-refractivity contribution in [1.29, 1.82) is 5.26 Å². The minimum atomic E-state index is -0.495. The number of aryl methyl sites for hydroxylation is 1. The van der Waals surface area contributed by atoms with Crippen molar-refractivity contribution in [2.45, 2.75) is 19.4 Å². The Morgan fingerprint density at radius 3 is 2.47 bits per heavy atom. The van der Waals surface area contributed by atoms with Gasteiger partial charge in [-0.3, -0.25) is 9.59 Å². The molecule has 0 saturated carbocycles. The number of nitriles is 1. The summed E-state index contributed by atoms with van der Waals surface area (Å²) < 4.78 is 10.5. The molecule has 6 heteroatoms. The summed E-state index contributed by atoms with van der Waals surface area (Å²) in [7, 11) is 0. The van der Waals surface area contributed by atoms with Gasteiger partial charge in [0.1, 0.15) is 23.2 Å². The number of nitrogens with zero attached hydrogens (tertiary/aromatic N) is 1. The smallest absolute Gasteiger partial charge is 0.311 e. The van der Waals surface area contributed by atoms with E-state index in [1.54, 1.807) is 36.4 Å². The van der Waals surface area contributed by atoms with E-state index in [0.29, 0.717) is 23.5 Å². The third kappa shape index (κ3) is 6.21. The Labute approximate surface area is 174 Å². The molecule has 0 bridgehead atoms. The van der Waals surface area contributed by atoms with Crippen LogP contribution in [0.2, 0.25) is 0 Å². The second kappa shape index (κ2) is 10.4. The summed E-state index contributed by atoms with van der Waals surface area (Å²) in [6.07, 6.45) is 3.87. The molecular weight excluding hydrogens is 380 g/mol. The second-order valence-corrected chi connectivity index (χ2v) is 6.46. The molecule has 0 atom stereocenters. The lowest BCUT2D eigenvalue weighted by atomic mass is 10.1. The van der Waals surface area contributed by atoms with Gasteiger partial charge in [-0.25, -0.2) is 0 Å². The van der Waals surface area contributed by atoms with Crippen LogP contribution in [-0.2, 0) is 22.6 Å². The van der Waals surface area contributed by atoms with Gasteiger partial charge in [-0.05, 0) is 47.9 Å². The second-order valence-electron chi connectivity index (χ2n) is 6.46. The van der Waals surface area contributed by atoms with E-state index >= 15 is 0 Å². The molecular formula is C24H20N2O4. The first kappa shape index (κ1) is 20.6. The average Bonchev–Trinajstić information content (AvgIpc) is 3.30. The summed E-state index contributed by atoms with van der Waals surface area (Å²) in [6, 6.07) is 21.7. The van der Waals surface area contributed by atoms with Gasteiger partial charge in [0.25, 0.3) is 5.91 Å². The molecule has 3 rings (SSSR count). The monoisotopic (exact) mass is 400 g/mol. The van der Waals surface area contributed by atoms with Gasteiger partial charge in [0.15, 0.2) is 0 Å². The standard InChI is InChI=1S/C24H20N2O4/c25-16-20(24(28)26-17-22-7-4-14-29-22)15-19-8-11-21(12-9-19)30-23(27)13-10-18-5-2-1-3-6-18/h1-9,11-12,14-15H,10,13,17H2,(H,26,28)/b20-15+. The van der Waals surface area contributed by atoms with Gasteiger partial charge in [0.05, 0.1) is 12.8 Å². The highest BCUT2D eigenvalue weighted by Crippen LogP contribution is 2.16. The van der Waals surface area contributed by atoms with Crippen molar-refractivity contribution in [3.05, 3.63) is 95.5 Å². The molecule has 1 amide bonds. The SMILES string of the molecule is N#C/C(=C\c1ccc(OC(=O)CCc2ccccc2)cc1)C(=O)NCc1ccco1. The number of furan rings is 1. The molecule has 0 unspecified atom stereocenters. The summed E-state index contributed by atoms with van der Waals surface area (Å²) in [4.78, 5) is 24.2. The fraction of sp³-hybridized carbons (Fsp3) is 0.125. The van der Waals surface area contributed by atoms with Crippen molar-refractivity contribution in [3.8, 4) is 11.8 Å². The molecule has 1 heterocycles. The molecule has 0 aliphatic heterocycles. The van der Waals surface area contributed by atoms with Crippen molar-refractivity contribution in [2.75, 3.05) is 0 Å². The molecule has 150 valence electrons. The van der Waals surface area contributed by atoms with Gasteiger partial charge < -0.3 is 14.5 Å². The maximum atomic E-state index is 12.2. The van der Waals surface area contributed by atoms with Crippen molar-refractivity contribution in [2.24, 2.45) is 0 Å². The van der Waals surface area contributed by atoms with Crippen LogP contribution in [0.1, 0.15) is 23.3 Å². The first-order valence-corrected chi connectivity index (χ1v) is 9.41. The first-order chi connectivity index (χ1) is 14.6. The Hall–Kier alpha value is -4.11. The Kier molecular flexibility index (Phi) is 7.17. The van der Waals surface area contributed by atoms with E-state index in [4.69, 9.17) is 9.15 Å². The van der Waals surface area contributed by atoms with Crippen LogP contribution < -0.4 is 10.1 Å². The molecule has 0 fully saturated rings. The molecule has 1 aromatic heterocycles. The van der Waals surface area contributed by atoms with Crippen LogP contribution >= 0.6 is 0 Å². The number of benzene rings is 2. The number of hydrogen-bond acceptors (Lipinski definition) is 5. The largest absolute Gasteiger partial charge is 0.467 e. The van der Waals surface area contributed by atoms with E-state index in [1.807, 2.05) is 36.4 Å². The zero-order valence-corrected chi connectivity index (χ0v) is 16.2. The highest BCUT2D eigenvalue weighted by atomic mass is 16.5. The number of rotatable bonds is 8. The number of hydrogen-bond donors (Lipinski definition) is 1. The van der Waals surface area contributed by atoms with Gasteiger partial charge in [-0.2, -0.15) is 5.26 Å². The van der Waals surface area contributed by atoms with Crippen LogP contribution in [0.25, 0.3) is 6.08 Å². The van der Waals surface area contributed by atoms with Crippen LogP contribution in [0.4, 0.5) is 0 Å². The Morgan fingerprint density at radius 1 is 1.03 bits per heavy atom. The topological polar surface area (TPSA) is 92.3 Å². The highest BCUT2D eigenvalue weighted by molar-refractivity contribution is 6.01. The molecule has 1 N–H and O–H groups in total.